The van der Waals surface area contributed by atoms with Crippen molar-refractivity contribution < 1.29 is 14.3 Å². The topological polar surface area (TPSA) is 38.8 Å². The lowest BCUT2D eigenvalue weighted by atomic mass is 10.2. The molecule has 2 rings (SSSR count). The molecule has 0 N–H and O–H groups in total. The first kappa shape index (κ1) is 19.1. The number of carbonyl (C=O) groups excluding carboxylic acids is 1. The Morgan fingerprint density at radius 3 is 2.36 bits per heavy atom. The minimum absolute atomic E-state index is 0.183. The summed E-state index contributed by atoms with van der Waals surface area (Å²) in [5.41, 5.74) is 0.183. The lowest BCUT2D eigenvalue weighted by Gasteiger charge is -2.15. The molecule has 0 aromatic heterocycles. The van der Waals surface area contributed by atoms with E-state index in [1.54, 1.807) is 12.1 Å². The Kier molecular flexibility index (Phi) is 8.61. The number of halogens is 2. The SMILES string of the molecule is CC.COc1c(Cl)ccc(Cl)c1C(=O)OCCN1CCCC1. The van der Waals surface area contributed by atoms with Crippen LogP contribution in [0.15, 0.2) is 12.1 Å². The Morgan fingerprint density at radius 1 is 1.18 bits per heavy atom. The standard InChI is InChI=1S/C14H17Cl2NO3.C2H6/c1-19-13-11(16)5-4-10(15)12(13)14(18)20-9-8-17-6-2-3-7-17;1-2/h4-5H,2-3,6-9H2,1H3;1-2H3. The Hall–Kier alpha value is -0.970. The summed E-state index contributed by atoms with van der Waals surface area (Å²) in [5, 5.41) is 0.612. The highest BCUT2D eigenvalue weighted by Gasteiger charge is 2.21. The predicted octanol–water partition coefficient (Wildman–Crippen LogP) is 4.28. The first-order chi connectivity index (χ1) is 10.6. The van der Waals surface area contributed by atoms with E-state index in [1.165, 1.54) is 20.0 Å². The van der Waals surface area contributed by atoms with Gasteiger partial charge in [-0.1, -0.05) is 37.0 Å². The zero-order chi connectivity index (χ0) is 16.5. The van der Waals surface area contributed by atoms with E-state index in [4.69, 9.17) is 32.7 Å². The van der Waals surface area contributed by atoms with Gasteiger partial charge < -0.3 is 9.47 Å². The third-order valence-electron chi connectivity index (χ3n) is 3.31. The summed E-state index contributed by atoms with van der Waals surface area (Å²) >= 11 is 12.0. The molecule has 22 heavy (non-hydrogen) atoms. The van der Waals surface area contributed by atoms with Crippen molar-refractivity contribution in [2.75, 3.05) is 33.4 Å². The normalized spacial score (nSPS) is 14.2. The molecule has 1 aliphatic heterocycles. The number of carbonyl (C=O) groups is 1. The zero-order valence-corrected chi connectivity index (χ0v) is 14.8. The van der Waals surface area contributed by atoms with Crippen LogP contribution in [0, 0.1) is 0 Å². The van der Waals surface area contributed by atoms with Crippen LogP contribution in [0.4, 0.5) is 0 Å². The first-order valence-corrected chi connectivity index (χ1v) is 8.30. The van der Waals surface area contributed by atoms with E-state index >= 15 is 0 Å². The molecule has 1 saturated heterocycles. The molecule has 0 bridgehead atoms. The Labute approximate surface area is 142 Å². The largest absolute Gasteiger partial charge is 0.494 e. The second-order valence-corrected chi connectivity index (χ2v) is 5.44. The van der Waals surface area contributed by atoms with E-state index in [0.29, 0.717) is 11.6 Å². The van der Waals surface area contributed by atoms with Crippen molar-refractivity contribution in [1.82, 2.24) is 4.90 Å². The van der Waals surface area contributed by atoms with Gasteiger partial charge in [0.25, 0.3) is 0 Å². The van der Waals surface area contributed by atoms with Gasteiger partial charge in [0.2, 0.25) is 0 Å². The van der Waals surface area contributed by atoms with Gasteiger partial charge in [0.15, 0.2) is 5.75 Å². The number of nitrogens with zero attached hydrogens (tertiary/aromatic N) is 1. The number of ether oxygens (including phenoxy) is 2. The highest BCUT2D eigenvalue weighted by molar-refractivity contribution is 6.37. The van der Waals surface area contributed by atoms with Gasteiger partial charge in [0, 0.05) is 6.54 Å². The molecule has 1 fully saturated rings. The number of hydrogen-bond donors (Lipinski definition) is 0. The van der Waals surface area contributed by atoms with Gasteiger partial charge in [-0.3, -0.25) is 4.90 Å². The van der Waals surface area contributed by atoms with Crippen molar-refractivity contribution in [2.24, 2.45) is 0 Å². The fraction of sp³-hybridized carbons (Fsp3) is 0.562. The minimum Gasteiger partial charge on any atom is -0.494 e. The molecule has 4 nitrogen and oxygen atoms in total. The maximum absolute atomic E-state index is 12.1. The van der Waals surface area contributed by atoms with Crippen molar-refractivity contribution in [3.63, 3.8) is 0 Å². The number of rotatable bonds is 5. The van der Waals surface area contributed by atoms with Crippen LogP contribution in [-0.2, 0) is 4.74 Å². The lowest BCUT2D eigenvalue weighted by molar-refractivity contribution is 0.0469. The van der Waals surface area contributed by atoms with Crippen molar-refractivity contribution in [2.45, 2.75) is 26.7 Å². The van der Waals surface area contributed by atoms with Gasteiger partial charge in [-0.05, 0) is 38.1 Å². The number of methoxy groups -OCH3 is 1. The van der Waals surface area contributed by atoms with E-state index in [2.05, 4.69) is 4.90 Å². The average molecular weight is 348 g/mol. The lowest BCUT2D eigenvalue weighted by Crippen LogP contribution is -2.25. The van der Waals surface area contributed by atoms with Crippen LogP contribution < -0.4 is 4.74 Å². The number of benzene rings is 1. The summed E-state index contributed by atoms with van der Waals surface area (Å²) in [5.74, 6) is -0.251. The van der Waals surface area contributed by atoms with Crippen LogP contribution in [0.5, 0.6) is 5.75 Å². The molecule has 124 valence electrons. The van der Waals surface area contributed by atoms with Crippen LogP contribution in [0.2, 0.25) is 10.0 Å². The predicted molar refractivity (Wildman–Crippen MR) is 90.3 cm³/mol. The quantitative estimate of drug-likeness (QED) is 0.745. The number of hydrogen-bond acceptors (Lipinski definition) is 4. The van der Waals surface area contributed by atoms with Crippen molar-refractivity contribution in [3.05, 3.63) is 27.7 Å². The van der Waals surface area contributed by atoms with Gasteiger partial charge in [0.1, 0.15) is 12.2 Å². The maximum atomic E-state index is 12.1. The van der Waals surface area contributed by atoms with Crippen LogP contribution in [0.1, 0.15) is 37.0 Å². The molecule has 0 saturated carbocycles. The van der Waals surface area contributed by atoms with Crippen molar-refractivity contribution >= 4 is 29.2 Å². The molecule has 1 heterocycles. The summed E-state index contributed by atoms with van der Waals surface area (Å²) in [7, 11) is 1.44. The van der Waals surface area contributed by atoms with Crippen molar-refractivity contribution in [3.8, 4) is 5.75 Å². The monoisotopic (exact) mass is 347 g/mol. The van der Waals surface area contributed by atoms with Crippen molar-refractivity contribution in [1.29, 1.82) is 0 Å². The van der Waals surface area contributed by atoms with Gasteiger partial charge in [0.05, 0.1) is 17.2 Å². The molecular formula is C16H23Cl2NO3. The van der Waals surface area contributed by atoms with E-state index in [0.717, 1.165) is 19.6 Å². The molecule has 0 spiro atoms. The third kappa shape index (κ3) is 5.04. The number of likely N-dealkylation sites (tertiary alicyclic amines) is 1. The van der Waals surface area contributed by atoms with Gasteiger partial charge in [-0.25, -0.2) is 4.79 Å². The van der Waals surface area contributed by atoms with E-state index in [9.17, 15) is 4.79 Å². The molecule has 0 radical (unpaired) electrons. The van der Waals surface area contributed by atoms with E-state index in [-0.39, 0.29) is 16.3 Å². The first-order valence-electron chi connectivity index (χ1n) is 7.55. The zero-order valence-electron chi connectivity index (χ0n) is 13.3. The average Bonchev–Trinajstić information content (AvgIpc) is 3.04. The van der Waals surface area contributed by atoms with E-state index in [1.807, 2.05) is 13.8 Å². The molecule has 0 aliphatic carbocycles. The van der Waals surface area contributed by atoms with Crippen LogP contribution in [0.3, 0.4) is 0 Å². The summed E-state index contributed by atoms with van der Waals surface area (Å²) in [6.45, 7) is 7.22. The maximum Gasteiger partial charge on any atom is 0.343 e. The summed E-state index contributed by atoms with van der Waals surface area (Å²) < 4.78 is 10.4. The highest BCUT2D eigenvalue weighted by atomic mass is 35.5. The summed E-state index contributed by atoms with van der Waals surface area (Å²) in [6, 6.07) is 3.15. The fourth-order valence-corrected chi connectivity index (χ4v) is 2.73. The molecule has 0 unspecified atom stereocenters. The molecule has 1 aromatic rings. The van der Waals surface area contributed by atoms with Gasteiger partial charge in [-0.15, -0.1) is 0 Å². The Bertz CT molecular complexity index is 489. The molecule has 1 aromatic carbocycles. The molecule has 1 aliphatic rings. The second-order valence-electron chi connectivity index (χ2n) is 4.62. The molecule has 0 amide bonds. The minimum atomic E-state index is -0.506. The molecule has 6 heteroatoms. The van der Waals surface area contributed by atoms with Crippen LogP contribution in [-0.4, -0.2) is 44.2 Å². The van der Waals surface area contributed by atoms with Gasteiger partial charge >= 0.3 is 5.97 Å². The third-order valence-corrected chi connectivity index (χ3v) is 3.92. The summed E-state index contributed by atoms with van der Waals surface area (Å²) in [4.78, 5) is 14.4. The van der Waals surface area contributed by atoms with Crippen LogP contribution >= 0.6 is 23.2 Å². The van der Waals surface area contributed by atoms with E-state index < -0.39 is 5.97 Å². The number of esters is 1. The van der Waals surface area contributed by atoms with Gasteiger partial charge in [-0.2, -0.15) is 0 Å². The van der Waals surface area contributed by atoms with Crippen LogP contribution in [0.25, 0.3) is 0 Å². The Balaban J connectivity index is 0.00000116. The smallest absolute Gasteiger partial charge is 0.343 e. The highest BCUT2D eigenvalue weighted by Crippen LogP contribution is 2.34. The Morgan fingerprint density at radius 2 is 1.77 bits per heavy atom. The summed E-state index contributed by atoms with van der Waals surface area (Å²) in [6.07, 6.45) is 2.42. The molecule has 0 atom stereocenters. The molecular weight excluding hydrogens is 325 g/mol. The fourth-order valence-electron chi connectivity index (χ4n) is 2.27. The second kappa shape index (κ2) is 9.93.